The van der Waals surface area contributed by atoms with Crippen molar-refractivity contribution >= 4 is 22.8 Å². The van der Waals surface area contributed by atoms with Crippen LogP contribution < -0.4 is 0 Å². The van der Waals surface area contributed by atoms with Crippen LogP contribution in [0.2, 0.25) is 0 Å². The van der Waals surface area contributed by atoms with E-state index in [1.165, 1.54) is 24.3 Å². The van der Waals surface area contributed by atoms with Gasteiger partial charge >= 0.3 is 5.97 Å². The third kappa shape index (κ3) is 3.56. The van der Waals surface area contributed by atoms with Crippen LogP contribution in [0.5, 0.6) is 0 Å². The zero-order chi connectivity index (χ0) is 12.1. The summed E-state index contributed by atoms with van der Waals surface area (Å²) in [7, 11) is 0. The molecule has 0 saturated carbocycles. The molecule has 16 heavy (non-hydrogen) atoms. The van der Waals surface area contributed by atoms with Gasteiger partial charge in [-0.25, -0.2) is 4.21 Å². The highest BCUT2D eigenvalue weighted by atomic mass is 32.2. The number of benzene rings is 1. The molecular weight excluding hydrogens is 232 g/mol. The van der Waals surface area contributed by atoms with Gasteiger partial charge in [-0.1, -0.05) is 12.1 Å². The molecular formula is C10H10O5S. The Morgan fingerprint density at radius 1 is 1.12 bits per heavy atom. The maximum absolute atomic E-state index is 11.4. The van der Waals surface area contributed by atoms with Gasteiger partial charge in [-0.3, -0.25) is 9.59 Å². The highest BCUT2D eigenvalue weighted by molar-refractivity contribution is 7.79. The number of carbonyl (C=O) groups excluding carboxylic acids is 1. The molecule has 0 aromatic heterocycles. The van der Waals surface area contributed by atoms with Gasteiger partial charge in [-0.05, 0) is 12.1 Å². The lowest BCUT2D eigenvalue weighted by Gasteiger charge is -2.00. The molecule has 6 heteroatoms. The molecule has 0 aliphatic heterocycles. The first-order valence-corrected chi connectivity index (χ1v) is 5.57. The van der Waals surface area contributed by atoms with Crippen LogP contribution in [0.3, 0.4) is 0 Å². The van der Waals surface area contributed by atoms with Crippen LogP contribution in [0.15, 0.2) is 29.2 Å². The summed E-state index contributed by atoms with van der Waals surface area (Å²) in [6.45, 7) is 0. The van der Waals surface area contributed by atoms with Gasteiger partial charge in [-0.2, -0.15) is 0 Å². The van der Waals surface area contributed by atoms with E-state index in [9.17, 15) is 13.8 Å². The molecule has 0 heterocycles. The van der Waals surface area contributed by atoms with Crippen molar-refractivity contribution in [3.05, 3.63) is 29.8 Å². The van der Waals surface area contributed by atoms with Crippen molar-refractivity contribution in [1.29, 1.82) is 0 Å². The van der Waals surface area contributed by atoms with Crippen molar-refractivity contribution < 1.29 is 23.5 Å². The van der Waals surface area contributed by atoms with E-state index in [0.29, 0.717) is 5.56 Å². The van der Waals surface area contributed by atoms with Crippen molar-refractivity contribution in [1.82, 2.24) is 0 Å². The Kier molecular flexibility index (Phi) is 4.33. The predicted octanol–water partition coefficient (Wildman–Crippen LogP) is 1.31. The Hall–Kier alpha value is -1.53. The zero-order valence-electron chi connectivity index (χ0n) is 8.25. The van der Waals surface area contributed by atoms with Gasteiger partial charge in [0.1, 0.15) is 0 Å². The molecule has 0 radical (unpaired) electrons. The van der Waals surface area contributed by atoms with Crippen LogP contribution in [-0.2, 0) is 15.9 Å². The lowest BCUT2D eigenvalue weighted by atomic mass is 10.1. The van der Waals surface area contributed by atoms with Gasteiger partial charge in [-0.15, -0.1) is 0 Å². The summed E-state index contributed by atoms with van der Waals surface area (Å²) in [4.78, 5) is 21.9. The number of hydrogen-bond acceptors (Lipinski definition) is 3. The number of carbonyl (C=O) groups is 2. The SMILES string of the molecule is O=C(O)CCC(=O)c1ccc(S(=O)O)cc1. The zero-order valence-corrected chi connectivity index (χ0v) is 9.07. The van der Waals surface area contributed by atoms with E-state index < -0.39 is 17.0 Å². The number of hydrogen-bond donors (Lipinski definition) is 2. The van der Waals surface area contributed by atoms with Crippen molar-refractivity contribution in [2.24, 2.45) is 0 Å². The van der Waals surface area contributed by atoms with Crippen LogP contribution in [0.1, 0.15) is 23.2 Å². The first kappa shape index (κ1) is 12.5. The highest BCUT2D eigenvalue weighted by Gasteiger charge is 2.09. The van der Waals surface area contributed by atoms with Crippen LogP contribution in [-0.4, -0.2) is 25.6 Å². The van der Waals surface area contributed by atoms with Crippen molar-refractivity contribution in [3.63, 3.8) is 0 Å². The van der Waals surface area contributed by atoms with Crippen LogP contribution in [0.4, 0.5) is 0 Å². The first-order valence-electron chi connectivity index (χ1n) is 4.46. The Morgan fingerprint density at radius 2 is 1.69 bits per heavy atom. The van der Waals surface area contributed by atoms with Crippen molar-refractivity contribution in [2.75, 3.05) is 0 Å². The maximum atomic E-state index is 11.4. The second kappa shape index (κ2) is 5.53. The van der Waals surface area contributed by atoms with E-state index in [1.54, 1.807) is 0 Å². The molecule has 0 aliphatic rings. The molecule has 0 bridgehead atoms. The topological polar surface area (TPSA) is 91.7 Å². The molecule has 2 N–H and O–H groups in total. The minimum atomic E-state index is -2.07. The van der Waals surface area contributed by atoms with Crippen molar-refractivity contribution in [2.45, 2.75) is 17.7 Å². The van der Waals surface area contributed by atoms with Crippen molar-refractivity contribution in [3.8, 4) is 0 Å². The number of rotatable bonds is 5. The second-order valence-electron chi connectivity index (χ2n) is 3.09. The third-order valence-electron chi connectivity index (χ3n) is 1.94. The van der Waals surface area contributed by atoms with E-state index in [1.807, 2.05) is 0 Å². The van der Waals surface area contributed by atoms with Gasteiger partial charge in [0.15, 0.2) is 16.9 Å². The molecule has 0 aliphatic carbocycles. The summed E-state index contributed by atoms with van der Waals surface area (Å²) in [5.74, 6) is -1.32. The summed E-state index contributed by atoms with van der Waals surface area (Å²) in [5.41, 5.74) is 0.343. The summed E-state index contributed by atoms with van der Waals surface area (Å²) in [6.07, 6.45) is -0.288. The molecule has 0 saturated heterocycles. The summed E-state index contributed by atoms with van der Waals surface area (Å²) >= 11 is -2.07. The maximum Gasteiger partial charge on any atom is 0.303 e. The number of aliphatic carboxylic acids is 1. The second-order valence-corrected chi connectivity index (χ2v) is 4.06. The highest BCUT2D eigenvalue weighted by Crippen LogP contribution is 2.10. The molecule has 1 aromatic rings. The molecule has 1 atom stereocenters. The van der Waals surface area contributed by atoms with E-state index >= 15 is 0 Å². The lowest BCUT2D eigenvalue weighted by molar-refractivity contribution is -0.136. The average molecular weight is 242 g/mol. The summed E-state index contributed by atoms with van der Waals surface area (Å²) in [5, 5.41) is 8.40. The molecule has 0 amide bonds. The largest absolute Gasteiger partial charge is 0.481 e. The van der Waals surface area contributed by atoms with Gasteiger partial charge in [0, 0.05) is 12.0 Å². The predicted molar refractivity (Wildman–Crippen MR) is 56.7 cm³/mol. The van der Waals surface area contributed by atoms with Gasteiger partial charge in [0.05, 0.1) is 11.3 Å². The van der Waals surface area contributed by atoms with E-state index in [2.05, 4.69) is 0 Å². The minimum absolute atomic E-state index is 0.0725. The number of Topliss-reactive ketones (excluding diaryl/α,β-unsaturated/α-hetero) is 1. The van der Waals surface area contributed by atoms with Gasteiger partial charge in [0.25, 0.3) is 0 Å². The van der Waals surface area contributed by atoms with E-state index in [4.69, 9.17) is 9.66 Å². The fourth-order valence-corrected chi connectivity index (χ4v) is 1.49. The summed E-state index contributed by atoms with van der Waals surface area (Å²) < 4.78 is 19.4. The van der Waals surface area contributed by atoms with Crippen LogP contribution in [0.25, 0.3) is 0 Å². The van der Waals surface area contributed by atoms with E-state index in [-0.39, 0.29) is 23.5 Å². The number of ketones is 1. The average Bonchev–Trinajstić information content (AvgIpc) is 2.26. The normalized spacial score (nSPS) is 12.1. The minimum Gasteiger partial charge on any atom is -0.481 e. The molecule has 1 unspecified atom stereocenters. The molecule has 0 fully saturated rings. The lowest BCUT2D eigenvalue weighted by Crippen LogP contribution is -2.03. The fourth-order valence-electron chi connectivity index (χ4n) is 1.12. The number of carboxylic acids is 1. The smallest absolute Gasteiger partial charge is 0.303 e. The molecule has 0 spiro atoms. The Bertz CT molecular complexity index is 423. The van der Waals surface area contributed by atoms with Gasteiger partial charge in [0.2, 0.25) is 0 Å². The Labute approximate surface area is 94.4 Å². The Balaban J connectivity index is 2.70. The standard InChI is InChI=1S/C10H10O5S/c11-9(5-6-10(12)13)7-1-3-8(4-2-7)16(14)15/h1-4H,5-6H2,(H,12,13)(H,14,15). The molecule has 86 valence electrons. The van der Waals surface area contributed by atoms with Crippen LogP contribution in [0, 0.1) is 0 Å². The first-order chi connectivity index (χ1) is 7.50. The Morgan fingerprint density at radius 3 is 2.12 bits per heavy atom. The van der Waals surface area contributed by atoms with E-state index in [0.717, 1.165) is 0 Å². The molecule has 1 aromatic carbocycles. The number of carboxylic acid groups (broad SMARTS) is 1. The third-order valence-corrected chi connectivity index (χ3v) is 2.62. The fraction of sp³-hybridized carbons (Fsp3) is 0.200. The molecule has 5 nitrogen and oxygen atoms in total. The summed E-state index contributed by atoms with van der Waals surface area (Å²) in [6, 6.07) is 5.55. The monoisotopic (exact) mass is 242 g/mol. The van der Waals surface area contributed by atoms with Gasteiger partial charge < -0.3 is 9.66 Å². The molecule has 1 rings (SSSR count). The van der Waals surface area contributed by atoms with Crippen LogP contribution >= 0.6 is 0 Å². The quantitative estimate of drug-likeness (QED) is 0.600.